The maximum atomic E-state index is 12.7. The van der Waals surface area contributed by atoms with Crippen LogP contribution in [0.5, 0.6) is 0 Å². The summed E-state index contributed by atoms with van der Waals surface area (Å²) in [5, 5.41) is 0. The fourth-order valence-electron chi connectivity index (χ4n) is 0.856. The third-order valence-corrected chi connectivity index (χ3v) is 1.39. The van der Waals surface area contributed by atoms with Crippen molar-refractivity contribution in [2.75, 3.05) is 0 Å². The van der Waals surface area contributed by atoms with Gasteiger partial charge in [0.05, 0.1) is 5.56 Å². The van der Waals surface area contributed by atoms with E-state index in [1.54, 1.807) is 13.0 Å². The van der Waals surface area contributed by atoms with Gasteiger partial charge in [0.25, 0.3) is 0 Å². The van der Waals surface area contributed by atoms with Gasteiger partial charge in [-0.15, -0.1) is 5.92 Å². The Bertz CT molecular complexity index is 358. The molecule has 1 aromatic carbocycles. The third-order valence-electron chi connectivity index (χ3n) is 1.39. The molecule has 0 radical (unpaired) electrons. The Morgan fingerprint density at radius 2 is 2.25 bits per heavy atom. The molecule has 1 nitrogen and oxygen atoms in total. The van der Waals surface area contributed by atoms with E-state index in [0.717, 1.165) is 0 Å². The van der Waals surface area contributed by atoms with E-state index in [1.807, 2.05) is 0 Å². The molecule has 0 amide bonds. The van der Waals surface area contributed by atoms with Crippen molar-refractivity contribution in [2.45, 2.75) is 6.92 Å². The van der Waals surface area contributed by atoms with Gasteiger partial charge in [0.15, 0.2) is 6.29 Å². The molecule has 0 unspecified atom stereocenters. The van der Waals surface area contributed by atoms with Crippen LogP contribution < -0.4 is 0 Å². The van der Waals surface area contributed by atoms with E-state index in [2.05, 4.69) is 11.8 Å². The molecule has 0 aliphatic carbocycles. The molecule has 0 fully saturated rings. The van der Waals surface area contributed by atoms with Crippen molar-refractivity contribution >= 4 is 6.29 Å². The molecule has 0 aromatic heterocycles. The fraction of sp³-hybridized carbons (Fsp3) is 0.100. The minimum atomic E-state index is -0.508. The Labute approximate surface area is 70.2 Å². The number of carbonyl (C=O) groups excluding carboxylic acids is 1. The number of aldehydes is 1. The molecule has 0 N–H and O–H groups in total. The summed E-state index contributed by atoms with van der Waals surface area (Å²) in [6.07, 6.45) is 0.482. The van der Waals surface area contributed by atoms with Crippen molar-refractivity contribution in [2.24, 2.45) is 0 Å². The zero-order valence-electron chi connectivity index (χ0n) is 6.60. The van der Waals surface area contributed by atoms with Crippen LogP contribution in [0.1, 0.15) is 22.8 Å². The molecule has 60 valence electrons. The highest BCUT2D eigenvalue weighted by Crippen LogP contribution is 2.07. The first-order valence-electron chi connectivity index (χ1n) is 3.45. The van der Waals surface area contributed by atoms with Crippen molar-refractivity contribution in [3.8, 4) is 11.8 Å². The smallest absolute Gasteiger partial charge is 0.153 e. The van der Waals surface area contributed by atoms with E-state index in [-0.39, 0.29) is 5.56 Å². The highest BCUT2D eigenvalue weighted by atomic mass is 19.1. The lowest BCUT2D eigenvalue weighted by Crippen LogP contribution is -1.87. The van der Waals surface area contributed by atoms with Gasteiger partial charge < -0.3 is 0 Å². The number of halogens is 1. The molecule has 0 atom stereocenters. The van der Waals surface area contributed by atoms with E-state index in [9.17, 15) is 9.18 Å². The summed E-state index contributed by atoms with van der Waals surface area (Å²) in [5.41, 5.74) is 0.705. The SMILES string of the molecule is CC#Cc1ccc(F)c(C=O)c1. The van der Waals surface area contributed by atoms with Gasteiger partial charge in [-0.1, -0.05) is 5.92 Å². The summed E-state index contributed by atoms with van der Waals surface area (Å²) < 4.78 is 12.7. The maximum absolute atomic E-state index is 12.7. The van der Waals surface area contributed by atoms with Gasteiger partial charge in [0.2, 0.25) is 0 Å². The van der Waals surface area contributed by atoms with Gasteiger partial charge in [-0.2, -0.15) is 0 Å². The van der Waals surface area contributed by atoms with Gasteiger partial charge in [0.1, 0.15) is 5.82 Å². The predicted octanol–water partition coefficient (Wildman–Crippen LogP) is 2.01. The van der Waals surface area contributed by atoms with Crippen LogP contribution in [0, 0.1) is 17.7 Å². The number of hydrogen-bond donors (Lipinski definition) is 0. The Morgan fingerprint density at radius 3 is 2.83 bits per heavy atom. The largest absolute Gasteiger partial charge is 0.298 e. The summed E-state index contributed by atoms with van der Waals surface area (Å²) in [5.74, 6) is 4.89. The second kappa shape index (κ2) is 3.68. The molecule has 0 heterocycles. The van der Waals surface area contributed by atoms with Crippen LogP contribution in [-0.4, -0.2) is 6.29 Å². The minimum absolute atomic E-state index is 0.0512. The van der Waals surface area contributed by atoms with E-state index in [1.165, 1.54) is 12.1 Å². The average molecular weight is 162 g/mol. The number of benzene rings is 1. The summed E-state index contributed by atoms with van der Waals surface area (Å²) in [6, 6.07) is 4.21. The van der Waals surface area contributed by atoms with E-state index in [4.69, 9.17) is 0 Å². The first-order valence-corrected chi connectivity index (χ1v) is 3.45. The zero-order chi connectivity index (χ0) is 8.97. The molecule has 0 bridgehead atoms. The van der Waals surface area contributed by atoms with Gasteiger partial charge in [-0.25, -0.2) is 4.39 Å². The highest BCUT2D eigenvalue weighted by molar-refractivity contribution is 5.76. The molecule has 2 heteroatoms. The molecule has 0 aliphatic rings. The Kier molecular flexibility index (Phi) is 2.60. The van der Waals surface area contributed by atoms with E-state index < -0.39 is 5.82 Å². The quantitative estimate of drug-likeness (QED) is 0.456. The fourth-order valence-corrected chi connectivity index (χ4v) is 0.856. The summed E-state index contributed by atoms with van der Waals surface area (Å²) in [4.78, 5) is 10.3. The lowest BCUT2D eigenvalue weighted by Gasteiger charge is -1.94. The van der Waals surface area contributed by atoms with Crippen LogP contribution in [0.25, 0.3) is 0 Å². The number of hydrogen-bond acceptors (Lipinski definition) is 1. The number of carbonyl (C=O) groups is 1. The molecule has 0 aliphatic heterocycles. The second-order valence-corrected chi connectivity index (χ2v) is 2.23. The Hall–Kier alpha value is -1.62. The lowest BCUT2D eigenvalue weighted by molar-refractivity contribution is 0.112. The molecule has 1 aromatic rings. The maximum Gasteiger partial charge on any atom is 0.153 e. The predicted molar refractivity (Wildman–Crippen MR) is 44.3 cm³/mol. The molecule has 12 heavy (non-hydrogen) atoms. The topological polar surface area (TPSA) is 17.1 Å². The number of rotatable bonds is 1. The monoisotopic (exact) mass is 162 g/mol. The van der Waals surface area contributed by atoms with Crippen LogP contribution in [-0.2, 0) is 0 Å². The van der Waals surface area contributed by atoms with Crippen molar-refractivity contribution in [1.82, 2.24) is 0 Å². The van der Waals surface area contributed by atoms with Crippen LogP contribution >= 0.6 is 0 Å². The molecule has 0 saturated carbocycles. The second-order valence-electron chi connectivity index (χ2n) is 2.23. The summed E-state index contributed by atoms with van der Waals surface area (Å²) in [6.45, 7) is 1.68. The average Bonchev–Trinajstić information content (AvgIpc) is 2.09. The Balaban J connectivity index is 3.19. The van der Waals surface area contributed by atoms with Crippen molar-refractivity contribution in [1.29, 1.82) is 0 Å². The first-order chi connectivity index (χ1) is 5.77. The molecule has 0 saturated heterocycles. The van der Waals surface area contributed by atoms with E-state index in [0.29, 0.717) is 11.8 Å². The van der Waals surface area contributed by atoms with Gasteiger partial charge in [-0.3, -0.25) is 4.79 Å². The van der Waals surface area contributed by atoms with Crippen molar-refractivity contribution < 1.29 is 9.18 Å². The Morgan fingerprint density at radius 1 is 1.50 bits per heavy atom. The summed E-state index contributed by atoms with van der Waals surface area (Å²) in [7, 11) is 0. The standard InChI is InChI=1S/C10H7FO/c1-2-3-8-4-5-10(11)9(6-8)7-12/h4-7H,1H3. The molecule has 0 spiro atoms. The van der Waals surface area contributed by atoms with Crippen LogP contribution in [0.15, 0.2) is 18.2 Å². The van der Waals surface area contributed by atoms with Gasteiger partial charge >= 0.3 is 0 Å². The van der Waals surface area contributed by atoms with Gasteiger partial charge in [-0.05, 0) is 25.1 Å². The van der Waals surface area contributed by atoms with Gasteiger partial charge in [0, 0.05) is 5.56 Å². The normalized spacial score (nSPS) is 8.50. The molecular weight excluding hydrogens is 155 g/mol. The first kappa shape index (κ1) is 8.48. The third kappa shape index (κ3) is 1.70. The van der Waals surface area contributed by atoms with E-state index >= 15 is 0 Å². The minimum Gasteiger partial charge on any atom is -0.298 e. The van der Waals surface area contributed by atoms with Crippen LogP contribution in [0.3, 0.4) is 0 Å². The zero-order valence-corrected chi connectivity index (χ0v) is 6.60. The molecule has 1 rings (SSSR count). The van der Waals surface area contributed by atoms with Crippen LogP contribution in [0.4, 0.5) is 4.39 Å². The summed E-state index contributed by atoms with van der Waals surface area (Å²) >= 11 is 0. The molecular formula is C10H7FO. The van der Waals surface area contributed by atoms with Crippen molar-refractivity contribution in [3.05, 3.63) is 35.1 Å². The lowest BCUT2D eigenvalue weighted by atomic mass is 10.1. The highest BCUT2D eigenvalue weighted by Gasteiger charge is 1.99. The van der Waals surface area contributed by atoms with Crippen LogP contribution in [0.2, 0.25) is 0 Å². The van der Waals surface area contributed by atoms with Crippen molar-refractivity contribution in [3.63, 3.8) is 0 Å².